The van der Waals surface area contributed by atoms with Crippen molar-refractivity contribution in [1.82, 2.24) is 25.8 Å². The molecule has 3 atom stereocenters. The van der Waals surface area contributed by atoms with Gasteiger partial charge in [0.25, 0.3) is 5.91 Å². The second-order valence-corrected chi connectivity index (χ2v) is 6.98. The first-order valence-corrected chi connectivity index (χ1v) is 8.91. The van der Waals surface area contributed by atoms with Crippen LogP contribution in [0.4, 0.5) is 5.82 Å². The summed E-state index contributed by atoms with van der Waals surface area (Å²) in [5.74, 6) is -0.108. The molecule has 1 aromatic heterocycles. The van der Waals surface area contributed by atoms with E-state index in [0.717, 1.165) is 0 Å². The van der Waals surface area contributed by atoms with Crippen molar-refractivity contribution in [2.45, 2.75) is 46.1 Å². The Morgan fingerprint density at radius 3 is 2.63 bits per heavy atom. The van der Waals surface area contributed by atoms with E-state index in [1.807, 2.05) is 13.8 Å². The molecule has 27 heavy (non-hydrogen) atoms. The van der Waals surface area contributed by atoms with Crippen molar-refractivity contribution < 1.29 is 14.4 Å². The fraction of sp³-hybridized carbons (Fsp3) is 0.444. The van der Waals surface area contributed by atoms with Crippen LogP contribution in [-0.2, 0) is 14.4 Å². The Kier molecular flexibility index (Phi) is 5.02. The SMILES string of the molecule is CC(C)C(=O)N[C@@H]1NC2=C(C(=O)N1c1ccccn1)N(C=O)[C@H](C)[C@H](C)N2. The minimum Gasteiger partial charge on any atom is -0.365 e. The first-order valence-electron chi connectivity index (χ1n) is 8.91. The van der Waals surface area contributed by atoms with Gasteiger partial charge in [-0.15, -0.1) is 0 Å². The van der Waals surface area contributed by atoms with E-state index in [-0.39, 0.29) is 29.6 Å². The van der Waals surface area contributed by atoms with Gasteiger partial charge in [0.1, 0.15) is 11.6 Å². The normalized spacial score (nSPS) is 24.9. The van der Waals surface area contributed by atoms with E-state index in [1.54, 1.807) is 38.2 Å². The topological polar surface area (TPSA) is 107 Å². The fourth-order valence-corrected chi connectivity index (χ4v) is 3.03. The molecule has 3 amide bonds. The van der Waals surface area contributed by atoms with Gasteiger partial charge in [-0.25, -0.2) is 4.98 Å². The zero-order valence-corrected chi connectivity index (χ0v) is 15.8. The molecule has 9 heteroatoms. The molecule has 2 aliphatic rings. The Balaban J connectivity index is 2.05. The van der Waals surface area contributed by atoms with Crippen molar-refractivity contribution >= 4 is 24.0 Å². The number of rotatable bonds is 4. The van der Waals surface area contributed by atoms with Crippen molar-refractivity contribution in [2.24, 2.45) is 5.92 Å². The molecule has 0 saturated heterocycles. The Bertz CT molecular complexity index is 779. The predicted molar refractivity (Wildman–Crippen MR) is 98.6 cm³/mol. The van der Waals surface area contributed by atoms with E-state index in [9.17, 15) is 14.4 Å². The van der Waals surface area contributed by atoms with Gasteiger partial charge in [0, 0.05) is 18.2 Å². The fourth-order valence-electron chi connectivity index (χ4n) is 3.03. The summed E-state index contributed by atoms with van der Waals surface area (Å²) in [6.07, 6.45) is 1.39. The van der Waals surface area contributed by atoms with Gasteiger partial charge >= 0.3 is 0 Å². The van der Waals surface area contributed by atoms with E-state index in [4.69, 9.17) is 0 Å². The largest absolute Gasteiger partial charge is 0.365 e. The van der Waals surface area contributed by atoms with Gasteiger partial charge in [-0.2, -0.15) is 0 Å². The summed E-state index contributed by atoms with van der Waals surface area (Å²) >= 11 is 0. The van der Waals surface area contributed by atoms with Crippen molar-refractivity contribution in [3.05, 3.63) is 35.9 Å². The predicted octanol–water partition coefficient (Wildman–Crippen LogP) is 0.0813. The van der Waals surface area contributed by atoms with E-state index in [0.29, 0.717) is 18.0 Å². The van der Waals surface area contributed by atoms with Crippen LogP contribution in [0, 0.1) is 5.92 Å². The molecule has 0 unspecified atom stereocenters. The molecule has 3 rings (SSSR count). The standard InChI is InChI=1S/C18H24N6O3/c1-10(2)16(26)22-18-21-15-14(23(9-25)12(4)11(3)20-15)17(27)24(18)13-7-5-6-8-19-13/h5-12,18,20-21H,1-4H3,(H,22,26)/t11-,12+,18-/m0/s1. The molecule has 3 N–H and O–H groups in total. The van der Waals surface area contributed by atoms with Crippen LogP contribution >= 0.6 is 0 Å². The van der Waals surface area contributed by atoms with E-state index >= 15 is 0 Å². The first-order chi connectivity index (χ1) is 12.8. The number of nitrogens with one attached hydrogen (secondary N) is 3. The molecule has 0 saturated carbocycles. The number of anilines is 1. The molecule has 0 spiro atoms. The Labute approximate surface area is 157 Å². The molecular formula is C18H24N6O3. The number of hydrogen-bond donors (Lipinski definition) is 3. The highest BCUT2D eigenvalue weighted by Crippen LogP contribution is 2.27. The summed E-state index contributed by atoms with van der Waals surface area (Å²) < 4.78 is 0. The second-order valence-electron chi connectivity index (χ2n) is 6.98. The number of hydrogen-bond acceptors (Lipinski definition) is 6. The molecule has 0 bridgehead atoms. The van der Waals surface area contributed by atoms with Crippen LogP contribution in [-0.4, -0.2) is 46.5 Å². The van der Waals surface area contributed by atoms with Crippen LogP contribution < -0.4 is 20.9 Å². The summed E-state index contributed by atoms with van der Waals surface area (Å²) in [4.78, 5) is 44.3. The van der Waals surface area contributed by atoms with Gasteiger partial charge in [0.15, 0.2) is 12.0 Å². The maximum Gasteiger partial charge on any atom is 0.283 e. The molecule has 2 aliphatic heterocycles. The van der Waals surface area contributed by atoms with Crippen molar-refractivity contribution in [1.29, 1.82) is 0 Å². The molecule has 1 aromatic rings. The van der Waals surface area contributed by atoms with Gasteiger partial charge in [-0.1, -0.05) is 19.9 Å². The Morgan fingerprint density at radius 2 is 2.04 bits per heavy atom. The lowest BCUT2D eigenvalue weighted by Gasteiger charge is -2.46. The zero-order valence-electron chi connectivity index (χ0n) is 15.8. The summed E-state index contributed by atoms with van der Waals surface area (Å²) in [5, 5.41) is 9.18. The molecule has 144 valence electrons. The number of pyridine rings is 1. The maximum absolute atomic E-state index is 13.3. The summed E-state index contributed by atoms with van der Waals surface area (Å²) in [6, 6.07) is 4.88. The number of carbonyl (C=O) groups is 3. The van der Waals surface area contributed by atoms with Crippen LogP contribution in [0.5, 0.6) is 0 Å². The second kappa shape index (κ2) is 7.26. The van der Waals surface area contributed by atoms with Gasteiger partial charge < -0.3 is 20.9 Å². The third-order valence-corrected chi connectivity index (χ3v) is 4.80. The van der Waals surface area contributed by atoms with Crippen LogP contribution in [0.3, 0.4) is 0 Å². The highest BCUT2D eigenvalue weighted by Gasteiger charge is 2.44. The van der Waals surface area contributed by atoms with Gasteiger partial charge in [-0.3, -0.25) is 19.3 Å². The quantitative estimate of drug-likeness (QED) is 0.647. The van der Waals surface area contributed by atoms with E-state index in [2.05, 4.69) is 20.9 Å². The van der Waals surface area contributed by atoms with Crippen molar-refractivity contribution in [3.8, 4) is 0 Å². The number of nitrogens with zero attached hydrogens (tertiary/aromatic N) is 3. The molecule has 0 fully saturated rings. The molecule has 0 aliphatic carbocycles. The molecule has 3 heterocycles. The minimum atomic E-state index is -0.831. The minimum absolute atomic E-state index is 0.0721. The van der Waals surface area contributed by atoms with Crippen molar-refractivity contribution in [2.75, 3.05) is 4.90 Å². The van der Waals surface area contributed by atoms with E-state index in [1.165, 1.54) is 9.80 Å². The van der Waals surface area contributed by atoms with Gasteiger partial charge in [0.05, 0.1) is 6.04 Å². The highest BCUT2D eigenvalue weighted by atomic mass is 16.2. The lowest BCUT2D eigenvalue weighted by molar-refractivity contribution is -0.128. The monoisotopic (exact) mass is 372 g/mol. The lowest BCUT2D eigenvalue weighted by Crippen LogP contribution is -2.68. The molecule has 9 nitrogen and oxygen atoms in total. The lowest BCUT2D eigenvalue weighted by atomic mass is 10.0. The highest BCUT2D eigenvalue weighted by molar-refractivity contribution is 6.08. The summed E-state index contributed by atoms with van der Waals surface area (Å²) in [5.41, 5.74) is 0.205. The Hall–Kier alpha value is -3.10. The first kappa shape index (κ1) is 18.7. The molecule has 0 radical (unpaired) electrons. The third kappa shape index (κ3) is 3.32. The van der Waals surface area contributed by atoms with Gasteiger partial charge in [0.2, 0.25) is 12.3 Å². The molecular weight excluding hydrogens is 348 g/mol. The van der Waals surface area contributed by atoms with E-state index < -0.39 is 12.2 Å². The third-order valence-electron chi connectivity index (χ3n) is 4.80. The molecule has 0 aromatic carbocycles. The summed E-state index contributed by atoms with van der Waals surface area (Å²) in [6.45, 7) is 7.32. The number of carbonyl (C=O) groups excluding carboxylic acids is 3. The van der Waals surface area contributed by atoms with Gasteiger partial charge in [-0.05, 0) is 26.0 Å². The Morgan fingerprint density at radius 1 is 1.30 bits per heavy atom. The average Bonchev–Trinajstić information content (AvgIpc) is 2.64. The van der Waals surface area contributed by atoms with Crippen LogP contribution in [0.1, 0.15) is 27.7 Å². The smallest absolute Gasteiger partial charge is 0.283 e. The van der Waals surface area contributed by atoms with Crippen molar-refractivity contribution in [3.63, 3.8) is 0 Å². The number of aromatic nitrogens is 1. The average molecular weight is 372 g/mol. The zero-order chi connectivity index (χ0) is 19.7. The summed E-state index contributed by atoms with van der Waals surface area (Å²) in [7, 11) is 0. The number of amides is 3. The maximum atomic E-state index is 13.3. The van der Waals surface area contributed by atoms with Crippen LogP contribution in [0.2, 0.25) is 0 Å². The van der Waals surface area contributed by atoms with Crippen LogP contribution in [0.25, 0.3) is 0 Å². The van der Waals surface area contributed by atoms with Crippen LogP contribution in [0.15, 0.2) is 35.9 Å².